The molecule has 0 aliphatic rings. The summed E-state index contributed by atoms with van der Waals surface area (Å²) in [4.78, 5) is 11.7. The summed E-state index contributed by atoms with van der Waals surface area (Å²) in [5.74, 6) is 0.760. The molecule has 1 rings (SSSR count). The van der Waals surface area contributed by atoms with Gasteiger partial charge in [-0.3, -0.25) is 4.79 Å². The molecule has 0 heterocycles. The molecule has 1 N–H and O–H groups in total. The Morgan fingerprint density at radius 1 is 1.35 bits per heavy atom. The second kappa shape index (κ2) is 9.18. The van der Waals surface area contributed by atoms with Crippen LogP contribution in [0.5, 0.6) is 5.75 Å². The number of benzene rings is 1. The third-order valence-electron chi connectivity index (χ3n) is 3.09. The third kappa shape index (κ3) is 5.91. The predicted molar refractivity (Wildman–Crippen MR) is 83.8 cm³/mol. The lowest BCUT2D eigenvalue weighted by molar-refractivity contribution is -0.117. The molecule has 1 aromatic carbocycles. The fraction of sp³-hybridized carbons (Fsp3) is 0.471. The number of para-hydroxylation sites is 1. The molecule has 0 aromatic heterocycles. The fourth-order valence-corrected chi connectivity index (χ4v) is 1.63. The van der Waals surface area contributed by atoms with Crippen LogP contribution in [0.25, 0.3) is 6.08 Å². The molecule has 1 atom stereocenters. The van der Waals surface area contributed by atoms with Crippen LogP contribution < -0.4 is 10.1 Å². The molecule has 0 bridgehead atoms. The molecule has 0 spiro atoms. The predicted octanol–water partition coefficient (Wildman–Crippen LogP) is 3.79. The summed E-state index contributed by atoms with van der Waals surface area (Å²) in [5.41, 5.74) is 0.933. The first-order valence-electron chi connectivity index (χ1n) is 7.37. The Labute approximate surface area is 122 Å². The van der Waals surface area contributed by atoms with Gasteiger partial charge in [0.15, 0.2) is 0 Å². The number of hydrogen-bond acceptors (Lipinski definition) is 2. The van der Waals surface area contributed by atoms with Gasteiger partial charge in [-0.15, -0.1) is 0 Å². The second-order valence-electron chi connectivity index (χ2n) is 4.89. The molecule has 110 valence electrons. The zero-order chi connectivity index (χ0) is 14.8. The molecule has 1 aromatic rings. The second-order valence-corrected chi connectivity index (χ2v) is 4.89. The molecule has 0 saturated heterocycles. The van der Waals surface area contributed by atoms with E-state index in [0.717, 1.165) is 30.6 Å². The van der Waals surface area contributed by atoms with Gasteiger partial charge in [-0.05, 0) is 31.9 Å². The zero-order valence-corrected chi connectivity index (χ0v) is 12.7. The van der Waals surface area contributed by atoms with Gasteiger partial charge in [0.2, 0.25) is 5.91 Å². The highest BCUT2D eigenvalue weighted by atomic mass is 16.5. The molecule has 20 heavy (non-hydrogen) atoms. The first-order valence-corrected chi connectivity index (χ1v) is 7.37. The summed E-state index contributed by atoms with van der Waals surface area (Å²) in [7, 11) is 0. The van der Waals surface area contributed by atoms with Crippen molar-refractivity contribution in [2.24, 2.45) is 0 Å². The molecule has 0 aliphatic heterocycles. The molecule has 0 saturated carbocycles. The Morgan fingerprint density at radius 2 is 2.10 bits per heavy atom. The smallest absolute Gasteiger partial charge is 0.244 e. The molecular weight excluding hydrogens is 250 g/mol. The highest BCUT2D eigenvalue weighted by Gasteiger charge is 2.03. The number of nitrogens with one attached hydrogen (secondary N) is 1. The fourth-order valence-electron chi connectivity index (χ4n) is 1.63. The summed E-state index contributed by atoms with van der Waals surface area (Å²) >= 11 is 0. The number of rotatable bonds is 8. The number of amides is 1. The molecule has 3 nitrogen and oxygen atoms in total. The first-order chi connectivity index (χ1) is 9.67. The topological polar surface area (TPSA) is 38.3 Å². The zero-order valence-electron chi connectivity index (χ0n) is 12.7. The Kier molecular flexibility index (Phi) is 7.48. The maximum Gasteiger partial charge on any atom is 0.244 e. The Bertz CT molecular complexity index is 440. The van der Waals surface area contributed by atoms with Crippen molar-refractivity contribution in [2.45, 2.75) is 46.1 Å². The van der Waals surface area contributed by atoms with E-state index in [1.807, 2.05) is 38.1 Å². The van der Waals surface area contributed by atoms with Crippen LogP contribution in [0.4, 0.5) is 0 Å². The van der Waals surface area contributed by atoms with Crippen LogP contribution in [0.2, 0.25) is 0 Å². The van der Waals surface area contributed by atoms with Crippen molar-refractivity contribution in [1.82, 2.24) is 5.32 Å². The minimum absolute atomic E-state index is 0.0669. The van der Waals surface area contributed by atoms with Crippen LogP contribution in [0.15, 0.2) is 30.3 Å². The van der Waals surface area contributed by atoms with E-state index >= 15 is 0 Å². The van der Waals surface area contributed by atoms with E-state index in [2.05, 4.69) is 12.2 Å². The monoisotopic (exact) mass is 275 g/mol. The summed E-state index contributed by atoms with van der Waals surface area (Å²) in [5, 5.41) is 2.91. The number of carbonyl (C=O) groups excluding carboxylic acids is 1. The van der Waals surface area contributed by atoms with Gasteiger partial charge in [0.05, 0.1) is 6.61 Å². The molecule has 0 radical (unpaired) electrons. The van der Waals surface area contributed by atoms with E-state index in [1.165, 1.54) is 0 Å². The van der Waals surface area contributed by atoms with Crippen LogP contribution in [0.3, 0.4) is 0 Å². The highest BCUT2D eigenvalue weighted by molar-refractivity contribution is 5.92. The van der Waals surface area contributed by atoms with Gasteiger partial charge in [-0.2, -0.15) is 0 Å². The largest absolute Gasteiger partial charge is 0.493 e. The van der Waals surface area contributed by atoms with Crippen molar-refractivity contribution in [3.05, 3.63) is 35.9 Å². The highest BCUT2D eigenvalue weighted by Crippen LogP contribution is 2.19. The van der Waals surface area contributed by atoms with Crippen molar-refractivity contribution in [1.29, 1.82) is 0 Å². The van der Waals surface area contributed by atoms with Gasteiger partial charge in [-0.1, -0.05) is 38.5 Å². The minimum atomic E-state index is -0.0669. The number of carbonyl (C=O) groups is 1. The lowest BCUT2D eigenvalue weighted by Gasteiger charge is -2.10. The first kappa shape index (κ1) is 16.3. The van der Waals surface area contributed by atoms with Gasteiger partial charge < -0.3 is 10.1 Å². The van der Waals surface area contributed by atoms with Crippen molar-refractivity contribution in [3.63, 3.8) is 0 Å². The SMILES string of the molecule is CCCCOc1ccccc1/C=C/C(=O)NC(C)CC. The molecule has 0 fully saturated rings. The van der Waals surface area contributed by atoms with Crippen molar-refractivity contribution < 1.29 is 9.53 Å². The van der Waals surface area contributed by atoms with E-state index in [9.17, 15) is 4.79 Å². The maximum atomic E-state index is 11.7. The summed E-state index contributed by atoms with van der Waals surface area (Å²) < 4.78 is 5.73. The van der Waals surface area contributed by atoms with Crippen LogP contribution >= 0.6 is 0 Å². The summed E-state index contributed by atoms with van der Waals surface area (Å²) in [6, 6.07) is 7.97. The number of unbranched alkanes of at least 4 members (excludes halogenated alkanes) is 1. The van der Waals surface area contributed by atoms with Gasteiger partial charge in [-0.25, -0.2) is 0 Å². The molecule has 1 unspecified atom stereocenters. The van der Waals surface area contributed by atoms with Gasteiger partial charge in [0.25, 0.3) is 0 Å². The quantitative estimate of drug-likeness (QED) is 0.579. The van der Waals surface area contributed by atoms with Crippen LogP contribution in [0, 0.1) is 0 Å². The average molecular weight is 275 g/mol. The number of ether oxygens (including phenoxy) is 1. The van der Waals surface area contributed by atoms with Crippen LogP contribution in [0.1, 0.15) is 45.6 Å². The maximum absolute atomic E-state index is 11.7. The minimum Gasteiger partial charge on any atom is -0.493 e. The summed E-state index contributed by atoms with van der Waals surface area (Å²) in [6.07, 6.45) is 6.44. The lowest BCUT2D eigenvalue weighted by atomic mass is 10.2. The van der Waals surface area contributed by atoms with E-state index in [-0.39, 0.29) is 11.9 Å². The molecule has 0 aliphatic carbocycles. The standard InChI is InChI=1S/C17H25NO2/c1-4-6-13-20-16-10-8-7-9-15(16)11-12-17(19)18-14(3)5-2/h7-12,14H,4-6,13H2,1-3H3,(H,18,19)/b12-11+. The van der Waals surface area contributed by atoms with E-state index in [4.69, 9.17) is 4.74 Å². The third-order valence-corrected chi connectivity index (χ3v) is 3.09. The van der Waals surface area contributed by atoms with Gasteiger partial charge in [0.1, 0.15) is 5.75 Å². The summed E-state index contributed by atoms with van der Waals surface area (Å²) in [6.45, 7) is 6.88. The van der Waals surface area contributed by atoms with Crippen molar-refractivity contribution in [3.8, 4) is 5.75 Å². The van der Waals surface area contributed by atoms with Crippen molar-refractivity contribution >= 4 is 12.0 Å². The molecular formula is C17H25NO2. The van der Waals surface area contributed by atoms with Crippen molar-refractivity contribution in [2.75, 3.05) is 6.61 Å². The Morgan fingerprint density at radius 3 is 2.80 bits per heavy atom. The van der Waals surface area contributed by atoms with Crippen LogP contribution in [-0.4, -0.2) is 18.6 Å². The number of hydrogen-bond donors (Lipinski definition) is 1. The lowest BCUT2D eigenvalue weighted by Crippen LogP contribution is -2.30. The van der Waals surface area contributed by atoms with E-state index in [1.54, 1.807) is 12.2 Å². The van der Waals surface area contributed by atoms with Gasteiger partial charge >= 0.3 is 0 Å². The van der Waals surface area contributed by atoms with Crippen LogP contribution in [-0.2, 0) is 4.79 Å². The van der Waals surface area contributed by atoms with E-state index < -0.39 is 0 Å². The normalized spacial score (nSPS) is 12.3. The molecule has 3 heteroatoms. The molecule has 1 amide bonds. The van der Waals surface area contributed by atoms with Gasteiger partial charge in [0, 0.05) is 17.7 Å². The average Bonchev–Trinajstić information content (AvgIpc) is 2.46. The Hall–Kier alpha value is -1.77. The Balaban J connectivity index is 2.64. The van der Waals surface area contributed by atoms with E-state index in [0.29, 0.717) is 6.61 Å².